The highest BCUT2D eigenvalue weighted by atomic mass is 32.1. The van der Waals surface area contributed by atoms with E-state index in [1.807, 2.05) is 6.92 Å². The van der Waals surface area contributed by atoms with Gasteiger partial charge in [0.05, 0.1) is 17.0 Å². The SMILES string of the molecule is Cc1ncc(CN(C)C(=O)CC2(C(=O)O)CCCC2)s1. The lowest BCUT2D eigenvalue weighted by Gasteiger charge is -2.26. The van der Waals surface area contributed by atoms with Gasteiger partial charge in [-0.25, -0.2) is 4.98 Å². The van der Waals surface area contributed by atoms with Gasteiger partial charge in [-0.2, -0.15) is 0 Å². The molecule has 20 heavy (non-hydrogen) atoms. The van der Waals surface area contributed by atoms with E-state index >= 15 is 0 Å². The minimum atomic E-state index is -0.838. The van der Waals surface area contributed by atoms with Gasteiger partial charge in [0.25, 0.3) is 0 Å². The fourth-order valence-corrected chi connectivity index (χ4v) is 3.59. The van der Waals surface area contributed by atoms with Crippen molar-refractivity contribution in [2.45, 2.75) is 45.6 Å². The molecule has 5 nitrogen and oxygen atoms in total. The Morgan fingerprint density at radius 3 is 2.60 bits per heavy atom. The zero-order valence-electron chi connectivity index (χ0n) is 11.9. The van der Waals surface area contributed by atoms with Gasteiger partial charge in [0.1, 0.15) is 0 Å². The topological polar surface area (TPSA) is 70.5 Å². The Morgan fingerprint density at radius 1 is 1.45 bits per heavy atom. The average molecular weight is 296 g/mol. The van der Waals surface area contributed by atoms with Crippen LogP contribution in [0, 0.1) is 12.3 Å². The van der Waals surface area contributed by atoms with Crippen LogP contribution in [0.1, 0.15) is 42.0 Å². The van der Waals surface area contributed by atoms with Gasteiger partial charge in [-0.3, -0.25) is 9.59 Å². The second-order valence-electron chi connectivity index (χ2n) is 5.56. The van der Waals surface area contributed by atoms with E-state index in [1.54, 1.807) is 29.5 Å². The molecule has 0 aromatic carbocycles. The van der Waals surface area contributed by atoms with Gasteiger partial charge in [-0.05, 0) is 19.8 Å². The molecule has 2 rings (SSSR count). The van der Waals surface area contributed by atoms with Crippen LogP contribution in [-0.4, -0.2) is 33.9 Å². The van der Waals surface area contributed by atoms with Gasteiger partial charge in [0.15, 0.2) is 0 Å². The molecular weight excluding hydrogens is 276 g/mol. The van der Waals surface area contributed by atoms with Crippen molar-refractivity contribution >= 4 is 23.2 Å². The molecule has 0 unspecified atom stereocenters. The number of aryl methyl sites for hydroxylation is 1. The second-order valence-corrected chi connectivity index (χ2v) is 6.88. The Balaban J connectivity index is 1.98. The van der Waals surface area contributed by atoms with E-state index in [0.29, 0.717) is 19.4 Å². The normalized spacial score (nSPS) is 17.1. The zero-order valence-corrected chi connectivity index (χ0v) is 12.7. The number of hydrogen-bond acceptors (Lipinski definition) is 4. The molecule has 0 aliphatic heterocycles. The van der Waals surface area contributed by atoms with Gasteiger partial charge in [0, 0.05) is 24.5 Å². The Labute approximate surface area is 122 Å². The third-order valence-corrected chi connectivity index (χ3v) is 4.89. The summed E-state index contributed by atoms with van der Waals surface area (Å²) in [5, 5.41) is 10.4. The van der Waals surface area contributed by atoms with Crippen LogP contribution >= 0.6 is 11.3 Å². The molecule has 1 fully saturated rings. The fraction of sp³-hybridized carbons (Fsp3) is 0.643. The summed E-state index contributed by atoms with van der Waals surface area (Å²) in [4.78, 5) is 30.5. The van der Waals surface area contributed by atoms with Crippen LogP contribution in [-0.2, 0) is 16.1 Å². The van der Waals surface area contributed by atoms with Crippen LogP contribution in [0.3, 0.4) is 0 Å². The summed E-state index contributed by atoms with van der Waals surface area (Å²) in [5.41, 5.74) is -0.838. The molecule has 1 aromatic heterocycles. The maximum Gasteiger partial charge on any atom is 0.310 e. The minimum Gasteiger partial charge on any atom is -0.481 e. The van der Waals surface area contributed by atoms with Crippen molar-refractivity contribution < 1.29 is 14.7 Å². The number of carbonyl (C=O) groups is 2. The van der Waals surface area contributed by atoms with Crippen LogP contribution in [0.2, 0.25) is 0 Å². The third kappa shape index (κ3) is 3.17. The first-order valence-electron chi connectivity index (χ1n) is 6.82. The van der Waals surface area contributed by atoms with Crippen LogP contribution < -0.4 is 0 Å². The molecule has 0 saturated heterocycles. The molecule has 0 radical (unpaired) electrons. The van der Waals surface area contributed by atoms with Crippen LogP contribution in [0.5, 0.6) is 0 Å². The molecule has 1 N–H and O–H groups in total. The van der Waals surface area contributed by atoms with Crippen LogP contribution in [0.25, 0.3) is 0 Å². The molecule has 1 amide bonds. The molecule has 1 saturated carbocycles. The van der Waals surface area contributed by atoms with Crippen molar-refractivity contribution in [3.05, 3.63) is 16.1 Å². The van der Waals surface area contributed by atoms with Gasteiger partial charge >= 0.3 is 5.97 Å². The smallest absolute Gasteiger partial charge is 0.310 e. The maximum absolute atomic E-state index is 12.3. The van der Waals surface area contributed by atoms with E-state index in [2.05, 4.69) is 4.98 Å². The van der Waals surface area contributed by atoms with Gasteiger partial charge in [0.2, 0.25) is 5.91 Å². The van der Waals surface area contributed by atoms with E-state index in [-0.39, 0.29) is 12.3 Å². The van der Waals surface area contributed by atoms with Crippen LogP contribution in [0.15, 0.2) is 6.20 Å². The van der Waals surface area contributed by atoms with Gasteiger partial charge in [-0.15, -0.1) is 11.3 Å². The molecular formula is C14H20N2O3S. The lowest BCUT2D eigenvalue weighted by Crippen LogP contribution is -2.36. The molecule has 0 bridgehead atoms. The van der Waals surface area contributed by atoms with E-state index in [4.69, 9.17) is 0 Å². The molecule has 1 heterocycles. The van der Waals surface area contributed by atoms with E-state index in [0.717, 1.165) is 22.7 Å². The van der Waals surface area contributed by atoms with Crippen molar-refractivity contribution in [3.8, 4) is 0 Å². The summed E-state index contributed by atoms with van der Waals surface area (Å²) in [6, 6.07) is 0. The number of nitrogens with zero attached hydrogens (tertiary/aromatic N) is 2. The fourth-order valence-electron chi connectivity index (χ4n) is 2.74. The third-order valence-electron chi connectivity index (χ3n) is 3.99. The van der Waals surface area contributed by atoms with E-state index in [9.17, 15) is 14.7 Å². The highest BCUT2D eigenvalue weighted by molar-refractivity contribution is 7.11. The lowest BCUT2D eigenvalue weighted by molar-refractivity contribution is -0.153. The largest absolute Gasteiger partial charge is 0.481 e. The number of carboxylic acid groups (broad SMARTS) is 1. The molecule has 1 aliphatic rings. The van der Waals surface area contributed by atoms with Crippen LogP contribution in [0.4, 0.5) is 0 Å². The summed E-state index contributed by atoms with van der Waals surface area (Å²) in [5.74, 6) is -0.925. The van der Waals surface area contributed by atoms with Gasteiger partial charge in [-0.1, -0.05) is 12.8 Å². The van der Waals surface area contributed by atoms with Crippen molar-refractivity contribution in [1.29, 1.82) is 0 Å². The summed E-state index contributed by atoms with van der Waals surface area (Å²) in [6.07, 6.45) is 4.90. The highest BCUT2D eigenvalue weighted by Gasteiger charge is 2.43. The number of carbonyl (C=O) groups excluding carboxylic acids is 1. The Bertz CT molecular complexity index is 506. The zero-order chi connectivity index (χ0) is 14.8. The number of aliphatic carboxylic acids is 1. The number of amides is 1. The van der Waals surface area contributed by atoms with Crippen molar-refractivity contribution in [2.24, 2.45) is 5.41 Å². The summed E-state index contributed by atoms with van der Waals surface area (Å²) < 4.78 is 0. The lowest BCUT2D eigenvalue weighted by atomic mass is 9.82. The second kappa shape index (κ2) is 5.91. The van der Waals surface area contributed by atoms with Crippen molar-refractivity contribution in [3.63, 3.8) is 0 Å². The maximum atomic E-state index is 12.3. The first-order valence-corrected chi connectivity index (χ1v) is 7.63. The molecule has 0 atom stereocenters. The molecule has 0 spiro atoms. The summed E-state index contributed by atoms with van der Waals surface area (Å²) >= 11 is 1.56. The highest BCUT2D eigenvalue weighted by Crippen LogP contribution is 2.41. The predicted octanol–water partition coefficient (Wildman–Crippen LogP) is 2.45. The predicted molar refractivity (Wildman–Crippen MR) is 76.5 cm³/mol. The monoisotopic (exact) mass is 296 g/mol. The molecule has 6 heteroatoms. The molecule has 110 valence electrons. The van der Waals surface area contributed by atoms with E-state index in [1.165, 1.54) is 0 Å². The van der Waals surface area contributed by atoms with Gasteiger partial charge < -0.3 is 10.0 Å². The minimum absolute atomic E-state index is 0.0969. The first-order chi connectivity index (χ1) is 9.43. The number of rotatable bonds is 5. The standard InChI is InChI=1S/C14H20N2O3S/c1-10-15-8-11(20-10)9-16(2)12(17)7-14(13(18)19)5-3-4-6-14/h8H,3-7,9H2,1-2H3,(H,18,19). The average Bonchev–Trinajstić information content (AvgIpc) is 2.99. The number of thiazole rings is 1. The molecule has 1 aliphatic carbocycles. The Kier molecular flexibility index (Phi) is 4.42. The Morgan fingerprint density at radius 2 is 2.10 bits per heavy atom. The van der Waals surface area contributed by atoms with E-state index < -0.39 is 11.4 Å². The summed E-state index contributed by atoms with van der Waals surface area (Å²) in [7, 11) is 1.72. The van der Waals surface area contributed by atoms with Crippen molar-refractivity contribution in [1.82, 2.24) is 9.88 Å². The number of carboxylic acids is 1. The first kappa shape index (κ1) is 15.0. The number of hydrogen-bond donors (Lipinski definition) is 1. The Hall–Kier alpha value is -1.43. The number of aromatic nitrogens is 1. The molecule has 1 aromatic rings. The summed E-state index contributed by atoms with van der Waals surface area (Å²) in [6.45, 7) is 2.42. The van der Waals surface area contributed by atoms with Crippen molar-refractivity contribution in [2.75, 3.05) is 7.05 Å². The quantitative estimate of drug-likeness (QED) is 0.906.